The molecule has 4 aromatic rings. The van der Waals surface area contributed by atoms with Crippen molar-refractivity contribution in [1.82, 2.24) is 5.32 Å². The first-order valence-electron chi connectivity index (χ1n) is 12.1. The van der Waals surface area contributed by atoms with Crippen molar-refractivity contribution in [3.63, 3.8) is 0 Å². The van der Waals surface area contributed by atoms with Crippen LogP contribution in [-0.4, -0.2) is 29.9 Å². The number of phenols is 2. The molecule has 34 heavy (non-hydrogen) atoms. The first-order chi connectivity index (χ1) is 16.7. The van der Waals surface area contributed by atoms with Gasteiger partial charge in [0.25, 0.3) is 0 Å². The number of benzene rings is 4. The largest absolute Gasteiger partial charge is 0.508 e. The lowest BCUT2D eigenvalue weighted by Gasteiger charge is -2.15. The third kappa shape index (κ3) is 5.18. The fourth-order valence-corrected chi connectivity index (χ4v) is 4.91. The number of ether oxygens (including phenoxy) is 1. The summed E-state index contributed by atoms with van der Waals surface area (Å²) in [5.41, 5.74) is 4.58. The van der Waals surface area contributed by atoms with Gasteiger partial charge in [-0.3, -0.25) is 0 Å². The van der Waals surface area contributed by atoms with E-state index in [0.717, 1.165) is 66.1 Å². The molecular formula is C30H31NO3. The van der Waals surface area contributed by atoms with Crippen LogP contribution < -0.4 is 10.1 Å². The monoisotopic (exact) mass is 453 g/mol. The number of aromatic hydroxyl groups is 2. The molecule has 1 unspecified atom stereocenters. The molecule has 0 bridgehead atoms. The standard InChI is InChI=1S/C30H31NO3/c32-25-8-5-23(6-9-25)28-13-7-24-19-26(33)10-14-29(24)30(28)18-21-3-11-27(12-4-21)34-17-1-2-22-15-16-31-20-22/h3-14,19,22,31-33H,1-2,15-18,20H2. The van der Waals surface area contributed by atoms with Crippen LogP contribution in [0.3, 0.4) is 0 Å². The summed E-state index contributed by atoms with van der Waals surface area (Å²) in [6.07, 6.45) is 4.36. The van der Waals surface area contributed by atoms with Gasteiger partial charge in [0.15, 0.2) is 0 Å². The van der Waals surface area contributed by atoms with Gasteiger partial charge >= 0.3 is 0 Å². The molecule has 0 saturated carbocycles. The predicted octanol–water partition coefficient (Wildman–Crippen LogP) is 6.28. The van der Waals surface area contributed by atoms with E-state index >= 15 is 0 Å². The molecule has 1 atom stereocenters. The van der Waals surface area contributed by atoms with Crippen molar-refractivity contribution in [2.45, 2.75) is 25.7 Å². The van der Waals surface area contributed by atoms with E-state index in [1.807, 2.05) is 24.3 Å². The Labute approximate surface area is 200 Å². The number of rotatable bonds is 8. The molecule has 0 aromatic heterocycles. The molecule has 174 valence electrons. The lowest BCUT2D eigenvalue weighted by Crippen LogP contribution is -2.09. The van der Waals surface area contributed by atoms with E-state index in [-0.39, 0.29) is 11.5 Å². The van der Waals surface area contributed by atoms with Crippen LogP contribution in [0.15, 0.2) is 78.9 Å². The second-order valence-corrected chi connectivity index (χ2v) is 9.21. The van der Waals surface area contributed by atoms with Crippen molar-refractivity contribution in [2.75, 3.05) is 19.7 Å². The first-order valence-corrected chi connectivity index (χ1v) is 12.1. The second kappa shape index (κ2) is 10.2. The summed E-state index contributed by atoms with van der Waals surface area (Å²) in [5, 5.41) is 25.2. The Bertz CT molecular complexity index is 1240. The molecule has 1 heterocycles. The molecule has 5 rings (SSSR count). The Balaban J connectivity index is 1.34. The molecule has 1 fully saturated rings. The third-order valence-electron chi connectivity index (χ3n) is 6.79. The number of hydrogen-bond donors (Lipinski definition) is 3. The van der Waals surface area contributed by atoms with Gasteiger partial charge in [0.05, 0.1) is 6.61 Å². The minimum Gasteiger partial charge on any atom is -0.508 e. The highest BCUT2D eigenvalue weighted by atomic mass is 16.5. The lowest BCUT2D eigenvalue weighted by atomic mass is 9.90. The fraction of sp³-hybridized carbons (Fsp3) is 0.267. The Morgan fingerprint density at radius 2 is 1.65 bits per heavy atom. The van der Waals surface area contributed by atoms with Crippen LogP contribution in [0.2, 0.25) is 0 Å². The molecule has 1 aliphatic rings. The Hall–Kier alpha value is -3.50. The molecule has 0 radical (unpaired) electrons. The Morgan fingerprint density at radius 3 is 2.41 bits per heavy atom. The maximum Gasteiger partial charge on any atom is 0.119 e. The summed E-state index contributed by atoms with van der Waals surface area (Å²) in [5.74, 6) is 2.24. The van der Waals surface area contributed by atoms with Crippen LogP contribution >= 0.6 is 0 Å². The van der Waals surface area contributed by atoms with Crippen LogP contribution in [-0.2, 0) is 6.42 Å². The molecule has 4 nitrogen and oxygen atoms in total. The van der Waals surface area contributed by atoms with E-state index in [4.69, 9.17) is 4.74 Å². The molecule has 0 aliphatic carbocycles. The zero-order valence-electron chi connectivity index (χ0n) is 19.3. The molecule has 1 aliphatic heterocycles. The molecule has 1 saturated heterocycles. The van der Waals surface area contributed by atoms with E-state index in [0.29, 0.717) is 0 Å². The maximum atomic E-state index is 9.96. The summed E-state index contributed by atoms with van der Waals surface area (Å²) < 4.78 is 5.99. The average molecular weight is 454 g/mol. The molecule has 4 heteroatoms. The van der Waals surface area contributed by atoms with Crippen LogP contribution in [0.1, 0.15) is 30.4 Å². The van der Waals surface area contributed by atoms with Gasteiger partial charge in [0, 0.05) is 0 Å². The van der Waals surface area contributed by atoms with Crippen LogP contribution in [0.25, 0.3) is 21.9 Å². The van der Waals surface area contributed by atoms with Gasteiger partial charge < -0.3 is 20.3 Å². The van der Waals surface area contributed by atoms with E-state index in [1.54, 1.807) is 24.3 Å². The summed E-state index contributed by atoms with van der Waals surface area (Å²) in [6, 6.07) is 25.4. The second-order valence-electron chi connectivity index (χ2n) is 9.21. The van der Waals surface area contributed by atoms with Crippen LogP contribution in [0, 0.1) is 5.92 Å². The minimum atomic E-state index is 0.256. The summed E-state index contributed by atoms with van der Waals surface area (Å²) in [6.45, 7) is 3.06. The summed E-state index contributed by atoms with van der Waals surface area (Å²) in [4.78, 5) is 0. The smallest absolute Gasteiger partial charge is 0.119 e. The van der Waals surface area contributed by atoms with Gasteiger partial charge in [0.2, 0.25) is 0 Å². The van der Waals surface area contributed by atoms with Crippen LogP contribution in [0.5, 0.6) is 17.2 Å². The number of nitrogens with one attached hydrogen (secondary N) is 1. The van der Waals surface area contributed by atoms with Crippen molar-refractivity contribution in [3.05, 3.63) is 90.0 Å². The minimum absolute atomic E-state index is 0.256. The Morgan fingerprint density at radius 1 is 0.853 bits per heavy atom. The first kappa shape index (κ1) is 22.3. The van der Waals surface area contributed by atoms with Crippen molar-refractivity contribution in [1.29, 1.82) is 0 Å². The van der Waals surface area contributed by atoms with Crippen molar-refractivity contribution in [2.24, 2.45) is 5.92 Å². The summed E-state index contributed by atoms with van der Waals surface area (Å²) in [7, 11) is 0. The van der Waals surface area contributed by atoms with E-state index in [1.165, 1.54) is 24.0 Å². The van der Waals surface area contributed by atoms with Gasteiger partial charge in [-0.15, -0.1) is 0 Å². The van der Waals surface area contributed by atoms with Crippen molar-refractivity contribution < 1.29 is 14.9 Å². The third-order valence-corrected chi connectivity index (χ3v) is 6.79. The number of phenolic OH excluding ortho intramolecular Hbond substituents is 2. The number of hydrogen-bond acceptors (Lipinski definition) is 4. The molecule has 3 N–H and O–H groups in total. The van der Waals surface area contributed by atoms with Gasteiger partial charge in [-0.2, -0.15) is 0 Å². The SMILES string of the molecule is Oc1ccc(-c2ccc3cc(O)ccc3c2Cc2ccc(OCCCC3CCNC3)cc2)cc1. The molecule has 0 spiro atoms. The molecule has 4 aromatic carbocycles. The van der Waals surface area contributed by atoms with Gasteiger partial charge in [-0.25, -0.2) is 0 Å². The molecular weight excluding hydrogens is 422 g/mol. The number of fused-ring (bicyclic) bond motifs is 1. The maximum absolute atomic E-state index is 9.96. The predicted molar refractivity (Wildman–Crippen MR) is 138 cm³/mol. The normalized spacial score (nSPS) is 15.6. The Kier molecular flexibility index (Phi) is 6.68. The van der Waals surface area contributed by atoms with E-state index < -0.39 is 0 Å². The van der Waals surface area contributed by atoms with Crippen molar-refractivity contribution in [3.8, 4) is 28.4 Å². The van der Waals surface area contributed by atoms with Gasteiger partial charge in [-0.1, -0.05) is 42.5 Å². The zero-order valence-corrected chi connectivity index (χ0v) is 19.3. The highest BCUT2D eigenvalue weighted by molar-refractivity contribution is 5.93. The van der Waals surface area contributed by atoms with E-state index in [2.05, 4.69) is 35.6 Å². The summed E-state index contributed by atoms with van der Waals surface area (Å²) >= 11 is 0. The average Bonchev–Trinajstić information content (AvgIpc) is 3.37. The molecule has 0 amide bonds. The highest BCUT2D eigenvalue weighted by Crippen LogP contribution is 2.34. The van der Waals surface area contributed by atoms with Crippen molar-refractivity contribution >= 4 is 10.8 Å². The van der Waals surface area contributed by atoms with Gasteiger partial charge in [0.1, 0.15) is 17.2 Å². The lowest BCUT2D eigenvalue weighted by molar-refractivity contribution is 0.295. The van der Waals surface area contributed by atoms with Gasteiger partial charge in [-0.05, 0) is 114 Å². The fourth-order valence-electron chi connectivity index (χ4n) is 4.91. The quantitative estimate of drug-likeness (QED) is 0.275. The van der Waals surface area contributed by atoms with E-state index in [9.17, 15) is 10.2 Å². The zero-order chi connectivity index (χ0) is 23.3. The van der Waals surface area contributed by atoms with Crippen LogP contribution in [0.4, 0.5) is 0 Å². The highest BCUT2D eigenvalue weighted by Gasteiger charge is 2.14. The topological polar surface area (TPSA) is 61.7 Å².